The molecule has 0 radical (unpaired) electrons. The van der Waals surface area contributed by atoms with Crippen molar-refractivity contribution in [3.63, 3.8) is 0 Å². The Morgan fingerprint density at radius 3 is 2.22 bits per heavy atom. The average Bonchev–Trinajstić information content (AvgIpc) is 3.33. The van der Waals surface area contributed by atoms with Crippen LogP contribution < -0.4 is 14.8 Å². The molecule has 0 bridgehead atoms. The highest BCUT2D eigenvalue weighted by atomic mass is 35.5. The van der Waals surface area contributed by atoms with Gasteiger partial charge in [0.15, 0.2) is 0 Å². The summed E-state index contributed by atoms with van der Waals surface area (Å²) in [5.41, 5.74) is 1.62. The van der Waals surface area contributed by atoms with Gasteiger partial charge in [0.2, 0.25) is 11.8 Å². The van der Waals surface area contributed by atoms with Crippen molar-refractivity contribution >= 4 is 17.5 Å². The first-order valence-corrected chi connectivity index (χ1v) is 10.1. The molecule has 1 N–H and O–H groups in total. The number of rotatable bonds is 7. The standard InChI is InChI=1S/C24H20ClN3O4/c1-30-18-13-8-14-19(31-2)20(18)22(29)26-21(16-11-6-7-12-17(16)25)24-28-27-23(32-24)15-9-4-3-5-10-15/h3-14,21H,1-2H3,(H,26,29)/t21-/m1/s1. The zero-order valence-electron chi connectivity index (χ0n) is 17.4. The van der Waals surface area contributed by atoms with E-state index >= 15 is 0 Å². The Bertz CT molecular complexity index is 1200. The SMILES string of the molecule is COc1cccc(OC)c1C(=O)N[C@@H](c1nnc(-c2ccccc2)o1)c1ccccc1Cl. The van der Waals surface area contributed by atoms with E-state index in [-0.39, 0.29) is 11.5 Å². The normalized spacial score (nSPS) is 11.6. The number of hydrogen-bond acceptors (Lipinski definition) is 6. The van der Waals surface area contributed by atoms with Gasteiger partial charge in [-0.25, -0.2) is 0 Å². The molecule has 0 aliphatic carbocycles. The van der Waals surface area contributed by atoms with Gasteiger partial charge in [-0.2, -0.15) is 0 Å². The molecule has 8 heteroatoms. The van der Waals surface area contributed by atoms with Gasteiger partial charge in [-0.1, -0.05) is 54.1 Å². The second-order valence-electron chi connectivity index (χ2n) is 6.78. The van der Waals surface area contributed by atoms with Crippen LogP contribution in [0.3, 0.4) is 0 Å². The summed E-state index contributed by atoms with van der Waals surface area (Å²) in [6.07, 6.45) is 0. The fraction of sp³-hybridized carbons (Fsp3) is 0.125. The second kappa shape index (κ2) is 9.53. The number of carbonyl (C=O) groups is 1. The maximum Gasteiger partial charge on any atom is 0.259 e. The molecule has 7 nitrogen and oxygen atoms in total. The molecule has 4 aromatic rings. The lowest BCUT2D eigenvalue weighted by atomic mass is 10.1. The summed E-state index contributed by atoms with van der Waals surface area (Å²) in [7, 11) is 2.97. The van der Waals surface area contributed by atoms with E-state index in [1.807, 2.05) is 36.4 Å². The Morgan fingerprint density at radius 1 is 0.906 bits per heavy atom. The molecule has 0 aliphatic rings. The molecule has 0 aliphatic heterocycles. The van der Waals surface area contributed by atoms with Gasteiger partial charge >= 0.3 is 0 Å². The van der Waals surface area contributed by atoms with Crippen molar-refractivity contribution in [2.75, 3.05) is 14.2 Å². The largest absolute Gasteiger partial charge is 0.496 e. The molecule has 1 amide bonds. The molecular formula is C24H20ClN3O4. The number of ether oxygens (including phenoxy) is 2. The van der Waals surface area contributed by atoms with Gasteiger partial charge in [0, 0.05) is 16.1 Å². The number of halogens is 1. The Labute approximate surface area is 190 Å². The second-order valence-corrected chi connectivity index (χ2v) is 7.18. The number of carbonyl (C=O) groups excluding carboxylic acids is 1. The van der Waals surface area contributed by atoms with Crippen molar-refractivity contribution in [2.45, 2.75) is 6.04 Å². The fourth-order valence-electron chi connectivity index (χ4n) is 3.31. The monoisotopic (exact) mass is 449 g/mol. The van der Waals surface area contributed by atoms with E-state index in [1.54, 1.807) is 36.4 Å². The first-order valence-electron chi connectivity index (χ1n) is 9.77. The molecule has 0 saturated carbocycles. The summed E-state index contributed by atoms with van der Waals surface area (Å²) in [4.78, 5) is 13.3. The van der Waals surface area contributed by atoms with Crippen LogP contribution in [0.4, 0.5) is 0 Å². The van der Waals surface area contributed by atoms with E-state index in [4.69, 9.17) is 25.5 Å². The number of benzene rings is 3. The van der Waals surface area contributed by atoms with Crippen molar-refractivity contribution in [1.29, 1.82) is 0 Å². The summed E-state index contributed by atoms with van der Waals surface area (Å²) in [6, 6.07) is 20.8. The number of amides is 1. The third-order valence-electron chi connectivity index (χ3n) is 4.85. The Balaban J connectivity index is 1.75. The molecule has 1 heterocycles. The van der Waals surface area contributed by atoms with E-state index in [0.29, 0.717) is 28.0 Å². The van der Waals surface area contributed by atoms with E-state index < -0.39 is 11.9 Å². The lowest BCUT2D eigenvalue weighted by Crippen LogP contribution is -2.30. The molecular weight excluding hydrogens is 430 g/mol. The minimum atomic E-state index is -0.796. The number of aromatic nitrogens is 2. The number of nitrogens with one attached hydrogen (secondary N) is 1. The minimum Gasteiger partial charge on any atom is -0.496 e. The lowest BCUT2D eigenvalue weighted by Gasteiger charge is -2.19. The zero-order chi connectivity index (χ0) is 22.5. The molecule has 1 atom stereocenters. The number of methoxy groups -OCH3 is 2. The summed E-state index contributed by atoms with van der Waals surface area (Å²) >= 11 is 6.45. The van der Waals surface area contributed by atoms with Crippen molar-refractivity contribution in [3.05, 3.63) is 94.8 Å². The highest BCUT2D eigenvalue weighted by Crippen LogP contribution is 2.32. The molecule has 1 aromatic heterocycles. The van der Waals surface area contributed by atoms with Gasteiger partial charge in [-0.05, 0) is 30.3 Å². The van der Waals surface area contributed by atoms with E-state index in [1.165, 1.54) is 14.2 Å². The van der Waals surface area contributed by atoms with Gasteiger partial charge in [0.05, 0.1) is 14.2 Å². The maximum atomic E-state index is 13.3. The van der Waals surface area contributed by atoms with Crippen LogP contribution in [0.2, 0.25) is 5.02 Å². The average molecular weight is 450 g/mol. The summed E-state index contributed by atoms with van der Waals surface area (Å²) in [5.74, 6) is 0.829. The predicted octanol–water partition coefficient (Wildman–Crippen LogP) is 4.93. The Hall–Kier alpha value is -3.84. The highest BCUT2D eigenvalue weighted by Gasteiger charge is 2.28. The predicted molar refractivity (Wildman–Crippen MR) is 120 cm³/mol. The zero-order valence-corrected chi connectivity index (χ0v) is 18.2. The third kappa shape index (κ3) is 4.29. The topological polar surface area (TPSA) is 86.5 Å². The van der Waals surface area contributed by atoms with Crippen LogP contribution in [-0.2, 0) is 0 Å². The van der Waals surface area contributed by atoms with Crippen LogP contribution in [0.5, 0.6) is 11.5 Å². The molecule has 3 aromatic carbocycles. The van der Waals surface area contributed by atoms with Crippen LogP contribution in [0, 0.1) is 0 Å². The molecule has 0 fully saturated rings. The van der Waals surface area contributed by atoms with E-state index in [9.17, 15) is 4.79 Å². The molecule has 4 rings (SSSR count). The number of nitrogens with zero attached hydrogens (tertiary/aromatic N) is 2. The van der Waals surface area contributed by atoms with Gasteiger partial charge in [0.1, 0.15) is 23.1 Å². The molecule has 0 saturated heterocycles. The van der Waals surface area contributed by atoms with Crippen LogP contribution in [0.15, 0.2) is 77.2 Å². The lowest BCUT2D eigenvalue weighted by molar-refractivity contribution is 0.0931. The molecule has 162 valence electrons. The smallest absolute Gasteiger partial charge is 0.259 e. The first-order chi connectivity index (χ1) is 15.6. The summed E-state index contributed by atoms with van der Waals surface area (Å²) in [6.45, 7) is 0. The fourth-order valence-corrected chi connectivity index (χ4v) is 3.55. The van der Waals surface area contributed by atoms with Crippen molar-refractivity contribution < 1.29 is 18.7 Å². The minimum absolute atomic E-state index is 0.194. The maximum absolute atomic E-state index is 13.3. The quantitative estimate of drug-likeness (QED) is 0.430. The van der Waals surface area contributed by atoms with Gasteiger partial charge in [-0.3, -0.25) is 4.79 Å². The van der Waals surface area contributed by atoms with E-state index in [2.05, 4.69) is 15.5 Å². The van der Waals surface area contributed by atoms with Crippen molar-refractivity contribution in [2.24, 2.45) is 0 Å². The Kier molecular flexibility index (Phi) is 6.37. The van der Waals surface area contributed by atoms with Crippen LogP contribution in [0.1, 0.15) is 27.9 Å². The third-order valence-corrected chi connectivity index (χ3v) is 5.20. The van der Waals surface area contributed by atoms with Crippen LogP contribution in [0.25, 0.3) is 11.5 Å². The number of hydrogen-bond donors (Lipinski definition) is 1. The van der Waals surface area contributed by atoms with Gasteiger partial charge in [-0.15, -0.1) is 10.2 Å². The van der Waals surface area contributed by atoms with E-state index in [0.717, 1.165) is 5.56 Å². The van der Waals surface area contributed by atoms with Crippen LogP contribution >= 0.6 is 11.6 Å². The summed E-state index contributed by atoms with van der Waals surface area (Å²) in [5, 5.41) is 11.7. The van der Waals surface area contributed by atoms with Crippen molar-refractivity contribution in [3.8, 4) is 23.0 Å². The highest BCUT2D eigenvalue weighted by molar-refractivity contribution is 6.31. The van der Waals surface area contributed by atoms with Crippen molar-refractivity contribution in [1.82, 2.24) is 15.5 Å². The molecule has 0 spiro atoms. The van der Waals surface area contributed by atoms with Gasteiger partial charge in [0.25, 0.3) is 5.91 Å². The van der Waals surface area contributed by atoms with Gasteiger partial charge < -0.3 is 19.2 Å². The first kappa shape index (κ1) is 21.4. The summed E-state index contributed by atoms with van der Waals surface area (Å²) < 4.78 is 16.7. The van der Waals surface area contributed by atoms with Crippen LogP contribution in [-0.4, -0.2) is 30.3 Å². The molecule has 0 unspecified atom stereocenters. The Morgan fingerprint density at radius 2 is 1.56 bits per heavy atom. The molecule has 32 heavy (non-hydrogen) atoms.